The number of hydrogen-bond acceptors (Lipinski definition) is 2. The molecule has 1 aromatic carbocycles. The Bertz CT molecular complexity index is 527. The number of halogens is 1. The molecule has 0 aromatic heterocycles. The molecule has 1 aliphatic rings. The highest BCUT2D eigenvalue weighted by Crippen LogP contribution is 2.38. The fraction of sp³-hybridized carbons (Fsp3) is 0.467. The van der Waals surface area contributed by atoms with E-state index in [-0.39, 0.29) is 23.1 Å². The number of carbonyl (C=O) groups excluding carboxylic acids is 2. The average molecular weight is 339 g/mol. The van der Waals surface area contributed by atoms with Crippen LogP contribution in [0.25, 0.3) is 0 Å². The molecule has 0 spiro atoms. The lowest BCUT2D eigenvalue weighted by molar-refractivity contribution is -0.123. The van der Waals surface area contributed by atoms with Gasteiger partial charge >= 0.3 is 0 Å². The number of alkyl halides is 1. The van der Waals surface area contributed by atoms with Crippen LogP contribution in [-0.4, -0.2) is 11.8 Å². The first-order valence-corrected chi connectivity index (χ1v) is 7.84. The van der Waals surface area contributed by atoms with Crippen LogP contribution >= 0.6 is 15.9 Å². The van der Waals surface area contributed by atoms with Gasteiger partial charge in [0.15, 0.2) is 0 Å². The molecule has 0 bridgehead atoms. The third-order valence-corrected chi connectivity index (χ3v) is 4.97. The van der Waals surface area contributed by atoms with Crippen molar-refractivity contribution in [1.82, 2.24) is 0 Å². The maximum absolute atomic E-state index is 11.6. The van der Waals surface area contributed by atoms with Crippen LogP contribution in [0, 0.1) is 5.92 Å². The van der Waals surface area contributed by atoms with Crippen LogP contribution in [0.5, 0.6) is 0 Å². The Morgan fingerprint density at radius 1 is 1.10 bits per heavy atom. The summed E-state index contributed by atoms with van der Waals surface area (Å²) in [5.41, 5.74) is 2.46. The number of amides is 2. The van der Waals surface area contributed by atoms with E-state index in [9.17, 15) is 9.59 Å². The molecule has 2 N–H and O–H groups in total. The van der Waals surface area contributed by atoms with E-state index in [0.29, 0.717) is 17.3 Å². The van der Waals surface area contributed by atoms with Gasteiger partial charge in [0.1, 0.15) is 6.42 Å². The molecule has 5 heteroatoms. The normalized spacial score (nSPS) is 16.2. The molecule has 1 aliphatic heterocycles. The number of benzene rings is 1. The van der Waals surface area contributed by atoms with E-state index >= 15 is 0 Å². The number of anilines is 2. The third kappa shape index (κ3) is 3.20. The van der Waals surface area contributed by atoms with E-state index in [4.69, 9.17) is 0 Å². The van der Waals surface area contributed by atoms with Gasteiger partial charge in [0, 0.05) is 4.83 Å². The summed E-state index contributed by atoms with van der Waals surface area (Å²) >= 11 is 3.75. The van der Waals surface area contributed by atoms with Gasteiger partial charge in [-0.3, -0.25) is 9.59 Å². The van der Waals surface area contributed by atoms with Gasteiger partial charge in [-0.15, -0.1) is 0 Å². The second-order valence-corrected chi connectivity index (χ2v) is 6.04. The van der Waals surface area contributed by atoms with Gasteiger partial charge in [-0.05, 0) is 23.6 Å². The van der Waals surface area contributed by atoms with Gasteiger partial charge in [0.05, 0.1) is 11.4 Å². The number of nitrogens with one attached hydrogen (secondary N) is 2. The Morgan fingerprint density at radius 2 is 1.70 bits per heavy atom. The first kappa shape index (κ1) is 15.0. The number of carbonyl (C=O) groups is 2. The van der Waals surface area contributed by atoms with Gasteiger partial charge in [-0.25, -0.2) is 0 Å². The monoisotopic (exact) mass is 338 g/mol. The lowest BCUT2D eigenvalue weighted by atomic mass is 9.94. The van der Waals surface area contributed by atoms with Crippen LogP contribution in [0.4, 0.5) is 11.4 Å². The maximum Gasteiger partial charge on any atom is 0.233 e. The van der Waals surface area contributed by atoms with Crippen LogP contribution in [0.1, 0.15) is 43.5 Å². The molecular formula is C15H19BrN2O2. The molecule has 0 aliphatic carbocycles. The van der Waals surface area contributed by atoms with Gasteiger partial charge in [-0.1, -0.05) is 48.7 Å². The fourth-order valence-corrected chi connectivity index (χ4v) is 3.49. The standard InChI is InChI=1S/C15H19BrN2O2/c1-3-9(4-2)15(16)10-5-6-11-12(7-10)18-14(20)8-13(19)17-11/h5-7,9,15H,3-4,8H2,1-2H3,(H,17,19)(H,18,20). The molecule has 2 amide bonds. The predicted octanol–water partition coefficient (Wildman–Crippen LogP) is 3.84. The molecule has 4 nitrogen and oxygen atoms in total. The minimum atomic E-state index is -0.274. The average Bonchev–Trinajstić information content (AvgIpc) is 2.55. The van der Waals surface area contributed by atoms with Crippen LogP contribution < -0.4 is 10.6 Å². The summed E-state index contributed by atoms with van der Waals surface area (Å²) in [6.07, 6.45) is 2.05. The van der Waals surface area contributed by atoms with Gasteiger partial charge in [0.25, 0.3) is 0 Å². The number of fused-ring (bicyclic) bond motifs is 1. The molecule has 20 heavy (non-hydrogen) atoms. The van der Waals surface area contributed by atoms with Crippen molar-refractivity contribution < 1.29 is 9.59 Å². The highest BCUT2D eigenvalue weighted by Gasteiger charge is 2.22. The van der Waals surface area contributed by atoms with Crippen molar-refractivity contribution in [3.63, 3.8) is 0 Å². The van der Waals surface area contributed by atoms with Gasteiger partial charge < -0.3 is 10.6 Å². The van der Waals surface area contributed by atoms with E-state index in [2.05, 4.69) is 40.4 Å². The van der Waals surface area contributed by atoms with E-state index in [0.717, 1.165) is 18.4 Å². The van der Waals surface area contributed by atoms with Crippen LogP contribution in [0.3, 0.4) is 0 Å². The molecule has 1 atom stereocenters. The number of hydrogen-bond donors (Lipinski definition) is 2. The smallest absolute Gasteiger partial charge is 0.233 e. The highest BCUT2D eigenvalue weighted by atomic mass is 79.9. The minimum absolute atomic E-state index is 0.131. The quantitative estimate of drug-likeness (QED) is 0.647. The van der Waals surface area contributed by atoms with E-state index in [1.807, 2.05) is 18.2 Å². The third-order valence-electron chi connectivity index (χ3n) is 3.69. The van der Waals surface area contributed by atoms with Crippen molar-refractivity contribution in [2.45, 2.75) is 37.9 Å². The van der Waals surface area contributed by atoms with Crippen molar-refractivity contribution in [1.29, 1.82) is 0 Å². The fourth-order valence-electron chi connectivity index (χ4n) is 2.46. The van der Waals surface area contributed by atoms with Gasteiger partial charge in [-0.2, -0.15) is 0 Å². The van der Waals surface area contributed by atoms with E-state index in [1.165, 1.54) is 0 Å². The van der Waals surface area contributed by atoms with Crippen molar-refractivity contribution >= 4 is 39.1 Å². The molecular weight excluding hydrogens is 320 g/mol. The van der Waals surface area contributed by atoms with Crippen molar-refractivity contribution in [2.75, 3.05) is 10.6 Å². The highest BCUT2D eigenvalue weighted by molar-refractivity contribution is 9.09. The molecule has 0 fully saturated rings. The zero-order valence-electron chi connectivity index (χ0n) is 11.7. The van der Waals surface area contributed by atoms with E-state index < -0.39 is 0 Å². The Kier molecular flexibility index (Phi) is 4.81. The summed E-state index contributed by atoms with van der Waals surface area (Å²) in [5.74, 6) is 0.000520. The Morgan fingerprint density at radius 3 is 2.30 bits per heavy atom. The summed E-state index contributed by atoms with van der Waals surface area (Å²) in [7, 11) is 0. The van der Waals surface area contributed by atoms with Crippen molar-refractivity contribution in [3.05, 3.63) is 23.8 Å². The molecule has 0 saturated heterocycles. The summed E-state index contributed by atoms with van der Waals surface area (Å²) in [6.45, 7) is 4.35. The molecule has 1 aromatic rings. The lowest BCUT2D eigenvalue weighted by Crippen LogP contribution is -2.16. The predicted molar refractivity (Wildman–Crippen MR) is 84.1 cm³/mol. The first-order valence-electron chi connectivity index (χ1n) is 6.92. The Balaban J connectivity index is 2.31. The van der Waals surface area contributed by atoms with Crippen molar-refractivity contribution in [2.24, 2.45) is 5.92 Å². The largest absolute Gasteiger partial charge is 0.324 e. The molecule has 1 unspecified atom stereocenters. The van der Waals surface area contributed by atoms with E-state index in [1.54, 1.807) is 0 Å². The minimum Gasteiger partial charge on any atom is -0.324 e. The second kappa shape index (κ2) is 6.39. The Labute approximate surface area is 127 Å². The number of rotatable bonds is 4. The molecule has 0 radical (unpaired) electrons. The van der Waals surface area contributed by atoms with Crippen LogP contribution in [-0.2, 0) is 9.59 Å². The summed E-state index contributed by atoms with van der Waals surface area (Å²) in [5, 5.41) is 5.52. The molecule has 1 heterocycles. The second-order valence-electron chi connectivity index (χ2n) is 5.06. The first-order chi connectivity index (χ1) is 9.55. The van der Waals surface area contributed by atoms with Gasteiger partial charge in [0.2, 0.25) is 11.8 Å². The SMILES string of the molecule is CCC(CC)C(Br)c1ccc2c(c1)NC(=O)CC(=O)N2. The van der Waals surface area contributed by atoms with Crippen molar-refractivity contribution in [3.8, 4) is 0 Å². The molecule has 0 saturated carbocycles. The topological polar surface area (TPSA) is 58.2 Å². The summed E-state index contributed by atoms with van der Waals surface area (Å²) < 4.78 is 0. The van der Waals surface area contributed by atoms with Crippen LogP contribution in [0.2, 0.25) is 0 Å². The zero-order valence-corrected chi connectivity index (χ0v) is 13.3. The molecule has 2 rings (SSSR count). The lowest BCUT2D eigenvalue weighted by Gasteiger charge is -2.21. The Hall–Kier alpha value is -1.36. The maximum atomic E-state index is 11.6. The summed E-state index contributed by atoms with van der Waals surface area (Å²) in [6, 6.07) is 5.79. The summed E-state index contributed by atoms with van der Waals surface area (Å²) in [4.78, 5) is 23.3. The zero-order chi connectivity index (χ0) is 14.7. The van der Waals surface area contributed by atoms with Crippen LogP contribution in [0.15, 0.2) is 18.2 Å². The molecule has 108 valence electrons.